The van der Waals surface area contributed by atoms with Crippen LogP contribution < -0.4 is 0 Å². The Bertz CT molecular complexity index is 306. The maximum absolute atomic E-state index is 5.59. The molecule has 0 radical (unpaired) electrons. The van der Waals surface area contributed by atoms with Gasteiger partial charge in [0, 0.05) is 6.21 Å². The smallest absolute Gasteiger partial charge is 0.0898 e. The molecule has 0 amide bonds. The molecule has 0 saturated heterocycles. The van der Waals surface area contributed by atoms with E-state index in [2.05, 4.69) is 11.6 Å². The van der Waals surface area contributed by atoms with E-state index in [4.69, 9.17) is 4.74 Å². The molecule has 0 aliphatic rings. The average Bonchev–Trinajstić information content (AvgIpc) is 2.28. The molecule has 0 bridgehead atoms. The molecule has 1 unspecified atom stereocenters. The summed E-state index contributed by atoms with van der Waals surface area (Å²) in [5, 5.41) is 0. The van der Waals surface area contributed by atoms with Crippen LogP contribution in [0.2, 0.25) is 0 Å². The topological polar surface area (TPSA) is 21.6 Å². The van der Waals surface area contributed by atoms with Crippen molar-refractivity contribution in [3.05, 3.63) is 48.6 Å². The van der Waals surface area contributed by atoms with Gasteiger partial charge in [-0.25, -0.2) is 0 Å². The monoisotopic (exact) mass is 203 g/mol. The van der Waals surface area contributed by atoms with E-state index < -0.39 is 0 Å². The van der Waals surface area contributed by atoms with Crippen LogP contribution in [-0.2, 0) is 11.3 Å². The molecule has 0 aliphatic heterocycles. The lowest BCUT2D eigenvalue weighted by Crippen LogP contribution is -2.09. The van der Waals surface area contributed by atoms with Crippen molar-refractivity contribution in [2.45, 2.75) is 19.6 Å². The molecule has 1 aromatic rings. The van der Waals surface area contributed by atoms with Crippen LogP contribution in [0.4, 0.5) is 0 Å². The zero-order valence-corrected chi connectivity index (χ0v) is 9.10. The molecule has 0 aromatic heterocycles. The summed E-state index contributed by atoms with van der Waals surface area (Å²) >= 11 is 0. The minimum absolute atomic E-state index is 0.0464. The molecule has 0 fully saturated rings. The fourth-order valence-corrected chi connectivity index (χ4v) is 1.13. The molecular weight excluding hydrogens is 186 g/mol. The SMILES string of the molecule is C=CCN=CC(C)OCc1ccccc1. The Morgan fingerprint density at radius 1 is 1.40 bits per heavy atom. The summed E-state index contributed by atoms with van der Waals surface area (Å²) in [5.41, 5.74) is 1.18. The Hall–Kier alpha value is -1.41. The van der Waals surface area contributed by atoms with Crippen molar-refractivity contribution in [2.75, 3.05) is 6.54 Å². The third kappa shape index (κ3) is 5.13. The van der Waals surface area contributed by atoms with Crippen LogP contribution in [0.15, 0.2) is 48.0 Å². The Balaban J connectivity index is 2.28. The highest BCUT2D eigenvalue weighted by Crippen LogP contribution is 2.02. The highest BCUT2D eigenvalue weighted by Gasteiger charge is 1.97. The zero-order chi connectivity index (χ0) is 10.9. The Morgan fingerprint density at radius 3 is 2.80 bits per heavy atom. The molecule has 2 nitrogen and oxygen atoms in total. The highest BCUT2D eigenvalue weighted by molar-refractivity contribution is 5.62. The van der Waals surface area contributed by atoms with Crippen LogP contribution in [0, 0.1) is 0 Å². The number of hydrogen-bond acceptors (Lipinski definition) is 2. The first kappa shape index (κ1) is 11.7. The fourth-order valence-electron chi connectivity index (χ4n) is 1.13. The first-order valence-corrected chi connectivity index (χ1v) is 5.09. The van der Waals surface area contributed by atoms with E-state index in [0.717, 1.165) is 0 Å². The Morgan fingerprint density at radius 2 is 2.13 bits per heavy atom. The lowest BCUT2D eigenvalue weighted by molar-refractivity contribution is 0.0990. The van der Waals surface area contributed by atoms with Crippen molar-refractivity contribution in [1.82, 2.24) is 0 Å². The molecule has 1 rings (SSSR count). The van der Waals surface area contributed by atoms with Gasteiger partial charge < -0.3 is 4.74 Å². The van der Waals surface area contributed by atoms with Gasteiger partial charge in [0.25, 0.3) is 0 Å². The fraction of sp³-hybridized carbons (Fsp3) is 0.308. The Labute approximate surface area is 91.3 Å². The molecule has 0 N–H and O–H groups in total. The van der Waals surface area contributed by atoms with Crippen molar-refractivity contribution < 1.29 is 4.74 Å². The van der Waals surface area contributed by atoms with Crippen LogP contribution in [-0.4, -0.2) is 18.9 Å². The van der Waals surface area contributed by atoms with Crippen molar-refractivity contribution >= 4 is 6.21 Å². The number of hydrogen-bond donors (Lipinski definition) is 0. The minimum Gasteiger partial charge on any atom is -0.368 e. The lowest BCUT2D eigenvalue weighted by atomic mass is 10.2. The number of rotatable bonds is 6. The number of nitrogens with zero attached hydrogens (tertiary/aromatic N) is 1. The predicted octanol–water partition coefficient (Wildman–Crippen LogP) is 2.85. The first-order chi connectivity index (χ1) is 7.33. The summed E-state index contributed by atoms with van der Waals surface area (Å²) in [6, 6.07) is 10.1. The van der Waals surface area contributed by atoms with Gasteiger partial charge in [0.05, 0.1) is 19.3 Å². The van der Waals surface area contributed by atoms with Gasteiger partial charge in [-0.05, 0) is 12.5 Å². The minimum atomic E-state index is 0.0464. The molecule has 80 valence electrons. The van der Waals surface area contributed by atoms with Gasteiger partial charge in [-0.1, -0.05) is 36.4 Å². The highest BCUT2D eigenvalue weighted by atomic mass is 16.5. The van der Waals surface area contributed by atoms with Gasteiger partial charge in [0.1, 0.15) is 0 Å². The van der Waals surface area contributed by atoms with Gasteiger partial charge in [0.2, 0.25) is 0 Å². The average molecular weight is 203 g/mol. The first-order valence-electron chi connectivity index (χ1n) is 5.09. The van der Waals surface area contributed by atoms with Crippen LogP contribution in [0.3, 0.4) is 0 Å². The zero-order valence-electron chi connectivity index (χ0n) is 9.10. The molecule has 2 heteroatoms. The van der Waals surface area contributed by atoms with E-state index in [1.807, 2.05) is 43.5 Å². The second-order valence-corrected chi connectivity index (χ2v) is 3.30. The van der Waals surface area contributed by atoms with Gasteiger partial charge in [-0.3, -0.25) is 4.99 Å². The van der Waals surface area contributed by atoms with Crippen LogP contribution in [0.1, 0.15) is 12.5 Å². The summed E-state index contributed by atoms with van der Waals surface area (Å²) in [7, 11) is 0. The second-order valence-electron chi connectivity index (χ2n) is 3.30. The van der Waals surface area contributed by atoms with Crippen LogP contribution in [0.25, 0.3) is 0 Å². The molecule has 15 heavy (non-hydrogen) atoms. The molecule has 0 saturated carbocycles. The van der Waals surface area contributed by atoms with Gasteiger partial charge >= 0.3 is 0 Å². The second kappa shape index (κ2) is 6.96. The predicted molar refractivity (Wildman–Crippen MR) is 64.2 cm³/mol. The standard InChI is InChI=1S/C13H17NO/c1-3-9-14-10-12(2)15-11-13-7-5-4-6-8-13/h3-8,10,12H,1,9,11H2,2H3. The molecule has 0 aliphatic carbocycles. The van der Waals surface area contributed by atoms with Gasteiger partial charge in [-0.2, -0.15) is 0 Å². The van der Waals surface area contributed by atoms with E-state index in [-0.39, 0.29) is 6.10 Å². The molecular formula is C13H17NO. The van der Waals surface area contributed by atoms with E-state index in [1.54, 1.807) is 6.08 Å². The van der Waals surface area contributed by atoms with Gasteiger partial charge in [-0.15, -0.1) is 6.58 Å². The summed E-state index contributed by atoms with van der Waals surface area (Å²) in [4.78, 5) is 4.13. The maximum Gasteiger partial charge on any atom is 0.0898 e. The quantitative estimate of drug-likeness (QED) is 0.514. The third-order valence-corrected chi connectivity index (χ3v) is 1.91. The molecule has 1 atom stereocenters. The van der Waals surface area contributed by atoms with Gasteiger partial charge in [0.15, 0.2) is 0 Å². The number of benzene rings is 1. The largest absolute Gasteiger partial charge is 0.368 e. The number of ether oxygens (including phenoxy) is 1. The third-order valence-electron chi connectivity index (χ3n) is 1.91. The van der Waals surface area contributed by atoms with Crippen LogP contribution in [0.5, 0.6) is 0 Å². The van der Waals surface area contributed by atoms with Crippen molar-refractivity contribution in [2.24, 2.45) is 4.99 Å². The summed E-state index contributed by atoms with van der Waals surface area (Å²) in [6.45, 7) is 6.86. The Kier molecular flexibility index (Phi) is 5.41. The molecule has 0 heterocycles. The van der Waals surface area contributed by atoms with Crippen molar-refractivity contribution in [3.63, 3.8) is 0 Å². The number of aliphatic imine (C=N–C) groups is 1. The summed E-state index contributed by atoms with van der Waals surface area (Å²) < 4.78 is 5.59. The van der Waals surface area contributed by atoms with E-state index in [1.165, 1.54) is 5.56 Å². The lowest BCUT2D eigenvalue weighted by Gasteiger charge is -2.07. The van der Waals surface area contributed by atoms with E-state index >= 15 is 0 Å². The normalized spacial score (nSPS) is 12.9. The van der Waals surface area contributed by atoms with E-state index in [0.29, 0.717) is 13.2 Å². The van der Waals surface area contributed by atoms with Crippen LogP contribution >= 0.6 is 0 Å². The summed E-state index contributed by atoms with van der Waals surface area (Å²) in [6.07, 6.45) is 3.62. The van der Waals surface area contributed by atoms with Crippen molar-refractivity contribution in [1.29, 1.82) is 0 Å². The van der Waals surface area contributed by atoms with Crippen molar-refractivity contribution in [3.8, 4) is 0 Å². The maximum atomic E-state index is 5.59. The molecule has 0 spiro atoms. The van der Waals surface area contributed by atoms with E-state index in [9.17, 15) is 0 Å². The summed E-state index contributed by atoms with van der Waals surface area (Å²) in [5.74, 6) is 0. The molecule has 1 aromatic carbocycles.